The van der Waals surface area contributed by atoms with E-state index in [2.05, 4.69) is 5.32 Å². The molecule has 1 aliphatic carbocycles. The SMILES string of the molecule is COc1cc(NC2CCN(C(=O)C3CCCC(N)C3)CC2)cc(OC)c1.Cl.Cl. The van der Waals surface area contributed by atoms with E-state index >= 15 is 0 Å². The maximum Gasteiger partial charge on any atom is 0.225 e. The number of anilines is 1. The second kappa shape index (κ2) is 11.6. The Morgan fingerprint density at radius 2 is 1.64 bits per heavy atom. The van der Waals surface area contributed by atoms with E-state index < -0.39 is 0 Å². The standard InChI is InChI=1S/C20H31N3O3.2ClH/c1-25-18-11-17(12-19(13-18)26-2)22-16-6-8-23(9-7-16)20(24)14-4-3-5-15(21)10-14;;/h11-16,22H,3-10,21H2,1-2H3;2*1H. The van der Waals surface area contributed by atoms with Crippen molar-refractivity contribution in [2.24, 2.45) is 11.7 Å². The quantitative estimate of drug-likeness (QED) is 0.742. The van der Waals surface area contributed by atoms with E-state index in [1.807, 2.05) is 23.1 Å². The molecule has 1 aliphatic heterocycles. The Hall–Kier alpha value is -1.37. The molecule has 0 radical (unpaired) electrons. The summed E-state index contributed by atoms with van der Waals surface area (Å²) in [5.41, 5.74) is 7.04. The molecule has 1 heterocycles. The van der Waals surface area contributed by atoms with Crippen molar-refractivity contribution in [2.45, 2.75) is 50.6 Å². The molecule has 2 atom stereocenters. The molecule has 8 heteroatoms. The number of nitrogens with one attached hydrogen (secondary N) is 1. The summed E-state index contributed by atoms with van der Waals surface area (Å²) >= 11 is 0. The zero-order valence-electron chi connectivity index (χ0n) is 16.7. The normalized spacial score (nSPS) is 22.5. The van der Waals surface area contributed by atoms with E-state index in [9.17, 15) is 4.79 Å². The number of ether oxygens (including phenoxy) is 2. The number of hydrogen-bond donors (Lipinski definition) is 2. The van der Waals surface area contributed by atoms with Gasteiger partial charge in [-0.3, -0.25) is 4.79 Å². The van der Waals surface area contributed by atoms with E-state index in [-0.39, 0.29) is 36.8 Å². The number of piperidine rings is 1. The van der Waals surface area contributed by atoms with Crippen molar-refractivity contribution in [1.82, 2.24) is 4.90 Å². The van der Waals surface area contributed by atoms with Crippen molar-refractivity contribution < 1.29 is 14.3 Å². The zero-order chi connectivity index (χ0) is 18.5. The number of nitrogens with zero attached hydrogens (tertiary/aromatic N) is 1. The molecule has 160 valence electrons. The minimum Gasteiger partial charge on any atom is -0.497 e. The fraction of sp³-hybridized carbons (Fsp3) is 0.650. The van der Waals surface area contributed by atoms with Crippen LogP contribution < -0.4 is 20.5 Å². The van der Waals surface area contributed by atoms with Crippen LogP contribution in [0, 0.1) is 5.92 Å². The highest BCUT2D eigenvalue weighted by atomic mass is 35.5. The molecule has 0 bridgehead atoms. The molecular formula is C20H33Cl2N3O3. The molecular weight excluding hydrogens is 401 g/mol. The fourth-order valence-corrected chi connectivity index (χ4v) is 4.08. The largest absolute Gasteiger partial charge is 0.497 e. The third kappa shape index (κ3) is 6.33. The molecule has 2 unspecified atom stereocenters. The van der Waals surface area contributed by atoms with Gasteiger partial charge in [-0.1, -0.05) is 6.42 Å². The van der Waals surface area contributed by atoms with Gasteiger partial charge >= 0.3 is 0 Å². The van der Waals surface area contributed by atoms with Crippen LogP contribution in [-0.4, -0.2) is 50.2 Å². The Balaban J connectivity index is 0.00000196. The minimum atomic E-state index is 0. The zero-order valence-corrected chi connectivity index (χ0v) is 18.3. The number of benzene rings is 1. The lowest BCUT2D eigenvalue weighted by molar-refractivity contribution is -0.137. The number of halogens is 2. The Morgan fingerprint density at radius 3 is 2.18 bits per heavy atom. The maximum absolute atomic E-state index is 12.7. The summed E-state index contributed by atoms with van der Waals surface area (Å²) in [5, 5.41) is 3.56. The van der Waals surface area contributed by atoms with Crippen LogP contribution in [0.1, 0.15) is 38.5 Å². The number of carbonyl (C=O) groups is 1. The number of carbonyl (C=O) groups excluding carboxylic acids is 1. The number of likely N-dealkylation sites (tertiary alicyclic amines) is 1. The summed E-state index contributed by atoms with van der Waals surface area (Å²) in [6.45, 7) is 1.62. The molecule has 1 aromatic carbocycles. The highest BCUT2D eigenvalue weighted by Crippen LogP contribution is 2.29. The number of hydrogen-bond acceptors (Lipinski definition) is 5. The third-order valence-electron chi connectivity index (χ3n) is 5.59. The average Bonchev–Trinajstić information content (AvgIpc) is 2.67. The topological polar surface area (TPSA) is 76.8 Å². The van der Waals surface area contributed by atoms with Gasteiger partial charge in [0.2, 0.25) is 5.91 Å². The molecule has 28 heavy (non-hydrogen) atoms. The van der Waals surface area contributed by atoms with Gasteiger partial charge in [0.25, 0.3) is 0 Å². The first kappa shape index (κ1) is 24.7. The van der Waals surface area contributed by atoms with Crippen molar-refractivity contribution in [2.75, 3.05) is 32.6 Å². The molecule has 1 saturated heterocycles. The van der Waals surface area contributed by atoms with Gasteiger partial charge in [0.1, 0.15) is 11.5 Å². The van der Waals surface area contributed by atoms with Crippen molar-refractivity contribution in [3.63, 3.8) is 0 Å². The molecule has 6 nitrogen and oxygen atoms in total. The Morgan fingerprint density at radius 1 is 1.04 bits per heavy atom. The van der Waals surface area contributed by atoms with Gasteiger partial charge in [0.05, 0.1) is 14.2 Å². The number of methoxy groups -OCH3 is 2. The predicted octanol–water partition coefficient (Wildman–Crippen LogP) is 3.47. The van der Waals surface area contributed by atoms with Gasteiger partial charge in [-0.15, -0.1) is 24.8 Å². The summed E-state index contributed by atoms with van der Waals surface area (Å²) in [6.07, 6.45) is 5.87. The van der Waals surface area contributed by atoms with E-state index in [1.165, 1.54) is 0 Å². The summed E-state index contributed by atoms with van der Waals surface area (Å²) in [5.74, 6) is 1.98. The lowest BCUT2D eigenvalue weighted by atomic mass is 9.85. The number of amides is 1. The van der Waals surface area contributed by atoms with Crippen molar-refractivity contribution in [3.05, 3.63) is 18.2 Å². The summed E-state index contributed by atoms with van der Waals surface area (Å²) in [7, 11) is 3.31. The molecule has 1 amide bonds. The Labute approximate surface area is 180 Å². The van der Waals surface area contributed by atoms with Gasteiger partial charge < -0.3 is 25.4 Å². The number of nitrogens with two attached hydrogens (primary N) is 1. The lowest BCUT2D eigenvalue weighted by Gasteiger charge is -2.36. The first-order chi connectivity index (χ1) is 12.6. The maximum atomic E-state index is 12.7. The monoisotopic (exact) mass is 433 g/mol. The number of rotatable bonds is 5. The molecule has 1 saturated carbocycles. The van der Waals surface area contributed by atoms with Crippen LogP contribution in [0.15, 0.2) is 18.2 Å². The van der Waals surface area contributed by atoms with E-state index in [1.54, 1.807) is 14.2 Å². The van der Waals surface area contributed by atoms with Crippen LogP contribution in [0.5, 0.6) is 11.5 Å². The summed E-state index contributed by atoms with van der Waals surface area (Å²) < 4.78 is 10.7. The van der Waals surface area contributed by atoms with E-state index in [4.69, 9.17) is 15.2 Å². The Kier molecular flexibility index (Phi) is 10.2. The summed E-state index contributed by atoms with van der Waals surface area (Å²) in [6, 6.07) is 6.36. The van der Waals surface area contributed by atoms with Crippen LogP contribution in [0.25, 0.3) is 0 Å². The molecule has 3 rings (SSSR count). The predicted molar refractivity (Wildman–Crippen MR) is 117 cm³/mol. The second-order valence-electron chi connectivity index (χ2n) is 7.47. The molecule has 2 fully saturated rings. The highest BCUT2D eigenvalue weighted by Gasteiger charge is 2.31. The molecule has 2 aliphatic rings. The molecule has 3 N–H and O–H groups in total. The summed E-state index contributed by atoms with van der Waals surface area (Å²) in [4.78, 5) is 14.8. The van der Waals surface area contributed by atoms with Gasteiger partial charge in [0.15, 0.2) is 0 Å². The lowest BCUT2D eigenvalue weighted by Crippen LogP contribution is -2.46. The smallest absolute Gasteiger partial charge is 0.225 e. The first-order valence-electron chi connectivity index (χ1n) is 9.63. The van der Waals surface area contributed by atoms with Gasteiger partial charge in [-0.2, -0.15) is 0 Å². The average molecular weight is 434 g/mol. The molecule has 0 aromatic heterocycles. The van der Waals surface area contributed by atoms with Gasteiger partial charge in [-0.25, -0.2) is 0 Å². The molecule has 0 spiro atoms. The van der Waals surface area contributed by atoms with E-state index in [0.29, 0.717) is 11.9 Å². The third-order valence-corrected chi connectivity index (χ3v) is 5.59. The molecule has 1 aromatic rings. The van der Waals surface area contributed by atoms with Crippen LogP contribution in [0.2, 0.25) is 0 Å². The second-order valence-corrected chi connectivity index (χ2v) is 7.47. The van der Waals surface area contributed by atoms with Crippen molar-refractivity contribution in [3.8, 4) is 11.5 Å². The van der Waals surface area contributed by atoms with Crippen LogP contribution in [0.4, 0.5) is 5.69 Å². The van der Waals surface area contributed by atoms with Crippen molar-refractivity contribution in [1.29, 1.82) is 0 Å². The van der Waals surface area contributed by atoms with Crippen LogP contribution in [0.3, 0.4) is 0 Å². The van der Waals surface area contributed by atoms with Crippen LogP contribution >= 0.6 is 24.8 Å². The van der Waals surface area contributed by atoms with E-state index in [0.717, 1.165) is 68.8 Å². The van der Waals surface area contributed by atoms with Crippen LogP contribution in [-0.2, 0) is 4.79 Å². The van der Waals surface area contributed by atoms with Gasteiger partial charge in [0, 0.05) is 55.0 Å². The van der Waals surface area contributed by atoms with Crippen molar-refractivity contribution >= 4 is 36.4 Å². The van der Waals surface area contributed by atoms with Gasteiger partial charge in [-0.05, 0) is 32.1 Å². The highest BCUT2D eigenvalue weighted by molar-refractivity contribution is 5.85. The first-order valence-corrected chi connectivity index (χ1v) is 9.63. The fourth-order valence-electron chi connectivity index (χ4n) is 4.08. The minimum absolute atomic E-state index is 0. The Bertz CT molecular complexity index is 602.